The fourth-order valence-electron chi connectivity index (χ4n) is 1.59. The van der Waals surface area contributed by atoms with Crippen molar-refractivity contribution in [3.05, 3.63) is 29.6 Å². The molecule has 7 heteroatoms. The van der Waals surface area contributed by atoms with E-state index < -0.39 is 30.3 Å². The summed E-state index contributed by atoms with van der Waals surface area (Å²) in [5.41, 5.74) is 0.787. The Morgan fingerprint density at radius 1 is 1.43 bits per heavy atom. The summed E-state index contributed by atoms with van der Waals surface area (Å²) in [6, 6.07) is 3.21. The molecular formula is C14H18FNO5. The number of benzene rings is 1. The minimum Gasteiger partial charge on any atom is -0.481 e. The number of carbonyl (C=O) groups is 2. The van der Waals surface area contributed by atoms with Crippen LogP contribution in [-0.2, 0) is 14.3 Å². The molecule has 1 amide bonds. The van der Waals surface area contributed by atoms with Crippen molar-refractivity contribution in [2.45, 2.75) is 19.4 Å². The Bertz CT molecular complexity index is 506. The molecule has 0 fully saturated rings. The maximum atomic E-state index is 13.4. The van der Waals surface area contributed by atoms with Gasteiger partial charge in [0.15, 0.2) is 18.2 Å². The molecule has 1 aromatic carbocycles. The highest BCUT2D eigenvalue weighted by atomic mass is 19.1. The summed E-state index contributed by atoms with van der Waals surface area (Å²) in [4.78, 5) is 22.6. The van der Waals surface area contributed by atoms with Crippen molar-refractivity contribution >= 4 is 11.9 Å². The number of hydrogen-bond donors (Lipinski definition) is 2. The van der Waals surface area contributed by atoms with E-state index in [1.807, 2.05) is 0 Å². The predicted octanol–water partition coefficient (Wildman–Crippen LogP) is 1.12. The second-order valence-electron chi connectivity index (χ2n) is 4.46. The van der Waals surface area contributed by atoms with Crippen molar-refractivity contribution in [2.75, 3.05) is 20.3 Å². The number of aliphatic carboxylic acids is 1. The summed E-state index contributed by atoms with van der Waals surface area (Å²) in [7, 11) is 1.43. The molecule has 0 aliphatic rings. The van der Waals surface area contributed by atoms with Crippen LogP contribution in [0.15, 0.2) is 18.2 Å². The maximum absolute atomic E-state index is 13.4. The summed E-state index contributed by atoms with van der Waals surface area (Å²) >= 11 is 0. The van der Waals surface area contributed by atoms with Gasteiger partial charge in [0, 0.05) is 20.1 Å². The lowest BCUT2D eigenvalue weighted by Crippen LogP contribution is -2.43. The maximum Gasteiger partial charge on any atom is 0.326 e. The third kappa shape index (κ3) is 5.78. The first kappa shape index (κ1) is 16.9. The van der Waals surface area contributed by atoms with Gasteiger partial charge in [-0.1, -0.05) is 6.07 Å². The number of rotatable bonds is 8. The van der Waals surface area contributed by atoms with Gasteiger partial charge >= 0.3 is 5.97 Å². The van der Waals surface area contributed by atoms with Gasteiger partial charge in [0.05, 0.1) is 0 Å². The number of hydrogen-bond acceptors (Lipinski definition) is 4. The molecule has 21 heavy (non-hydrogen) atoms. The minimum absolute atomic E-state index is 0.0473. The average molecular weight is 299 g/mol. The molecule has 0 spiro atoms. The van der Waals surface area contributed by atoms with Gasteiger partial charge < -0.3 is 19.9 Å². The van der Waals surface area contributed by atoms with Crippen molar-refractivity contribution in [1.29, 1.82) is 0 Å². The Balaban J connectivity index is 2.52. The topological polar surface area (TPSA) is 84.9 Å². The molecule has 0 aliphatic heterocycles. The van der Waals surface area contributed by atoms with Crippen LogP contribution >= 0.6 is 0 Å². The normalized spacial score (nSPS) is 11.8. The average Bonchev–Trinajstić information content (AvgIpc) is 2.44. The van der Waals surface area contributed by atoms with Crippen LogP contribution in [0.2, 0.25) is 0 Å². The Labute approximate surface area is 121 Å². The first-order valence-corrected chi connectivity index (χ1v) is 6.34. The van der Waals surface area contributed by atoms with Crippen molar-refractivity contribution in [2.24, 2.45) is 0 Å². The fourth-order valence-corrected chi connectivity index (χ4v) is 1.59. The van der Waals surface area contributed by atoms with E-state index in [2.05, 4.69) is 5.32 Å². The molecule has 0 saturated carbocycles. The first-order chi connectivity index (χ1) is 9.93. The lowest BCUT2D eigenvalue weighted by Gasteiger charge is -2.14. The smallest absolute Gasteiger partial charge is 0.326 e. The highest BCUT2D eigenvalue weighted by molar-refractivity contribution is 5.84. The van der Waals surface area contributed by atoms with Crippen LogP contribution in [0.25, 0.3) is 0 Å². The molecule has 0 bridgehead atoms. The van der Waals surface area contributed by atoms with Crippen molar-refractivity contribution < 1.29 is 28.6 Å². The van der Waals surface area contributed by atoms with E-state index >= 15 is 0 Å². The number of methoxy groups -OCH3 is 1. The predicted molar refractivity (Wildman–Crippen MR) is 72.7 cm³/mol. The zero-order valence-corrected chi connectivity index (χ0v) is 11.9. The second-order valence-corrected chi connectivity index (χ2v) is 4.46. The molecule has 0 aliphatic carbocycles. The molecule has 0 aromatic heterocycles. The molecule has 0 saturated heterocycles. The van der Waals surface area contributed by atoms with Crippen LogP contribution in [0.3, 0.4) is 0 Å². The molecule has 0 heterocycles. The second kappa shape index (κ2) is 8.21. The van der Waals surface area contributed by atoms with Crippen molar-refractivity contribution in [3.63, 3.8) is 0 Å². The third-order valence-electron chi connectivity index (χ3n) is 2.69. The molecule has 1 aromatic rings. The number of nitrogens with one attached hydrogen (secondary N) is 1. The number of carbonyl (C=O) groups excluding carboxylic acids is 1. The van der Waals surface area contributed by atoms with E-state index in [1.54, 1.807) is 13.0 Å². The molecule has 6 nitrogen and oxygen atoms in total. The van der Waals surface area contributed by atoms with Gasteiger partial charge in [-0.2, -0.15) is 0 Å². The lowest BCUT2D eigenvalue weighted by molar-refractivity contribution is -0.142. The fraction of sp³-hybridized carbons (Fsp3) is 0.429. The molecule has 0 radical (unpaired) electrons. The van der Waals surface area contributed by atoms with Crippen molar-refractivity contribution in [1.82, 2.24) is 5.32 Å². The van der Waals surface area contributed by atoms with Gasteiger partial charge in [-0.25, -0.2) is 9.18 Å². The third-order valence-corrected chi connectivity index (χ3v) is 2.69. The number of carboxylic acids is 1. The van der Waals surface area contributed by atoms with Gasteiger partial charge in [-0.15, -0.1) is 0 Å². The van der Waals surface area contributed by atoms with Crippen LogP contribution in [0, 0.1) is 12.7 Å². The SMILES string of the molecule is COCCC(NC(=O)COc1cc(C)ccc1F)C(=O)O. The summed E-state index contributed by atoms with van der Waals surface area (Å²) in [6.45, 7) is 1.50. The van der Waals surface area contributed by atoms with E-state index in [0.717, 1.165) is 5.56 Å². The molecule has 2 N–H and O–H groups in total. The van der Waals surface area contributed by atoms with Crippen LogP contribution < -0.4 is 10.1 Å². The lowest BCUT2D eigenvalue weighted by atomic mass is 10.2. The van der Waals surface area contributed by atoms with E-state index in [9.17, 15) is 14.0 Å². The standard InChI is InChI=1S/C14H18FNO5/c1-9-3-4-10(15)12(7-9)21-8-13(17)16-11(14(18)19)5-6-20-2/h3-4,7,11H,5-6,8H2,1-2H3,(H,16,17)(H,18,19). The van der Waals surface area contributed by atoms with E-state index in [-0.39, 0.29) is 18.8 Å². The molecular weight excluding hydrogens is 281 g/mol. The number of amides is 1. The van der Waals surface area contributed by atoms with Crippen LogP contribution in [0.5, 0.6) is 5.75 Å². The summed E-state index contributed by atoms with van der Waals surface area (Å²) in [5, 5.41) is 11.2. The summed E-state index contributed by atoms with van der Waals surface area (Å²) in [6.07, 6.45) is 0.135. The van der Waals surface area contributed by atoms with Crippen LogP contribution in [0.4, 0.5) is 4.39 Å². The van der Waals surface area contributed by atoms with Gasteiger partial charge in [-0.05, 0) is 24.6 Å². The Hall–Kier alpha value is -2.15. The van der Waals surface area contributed by atoms with E-state index in [0.29, 0.717) is 0 Å². The summed E-state index contributed by atoms with van der Waals surface area (Å²) < 4.78 is 23.2. The van der Waals surface area contributed by atoms with Gasteiger partial charge in [0.1, 0.15) is 6.04 Å². The highest BCUT2D eigenvalue weighted by Crippen LogP contribution is 2.18. The van der Waals surface area contributed by atoms with Crippen LogP contribution in [0.1, 0.15) is 12.0 Å². The number of halogens is 1. The molecule has 1 rings (SSSR count). The number of ether oxygens (including phenoxy) is 2. The monoisotopic (exact) mass is 299 g/mol. The van der Waals surface area contributed by atoms with Crippen LogP contribution in [-0.4, -0.2) is 43.3 Å². The first-order valence-electron chi connectivity index (χ1n) is 6.34. The Kier molecular flexibility index (Phi) is 6.61. The Morgan fingerprint density at radius 3 is 2.76 bits per heavy atom. The largest absolute Gasteiger partial charge is 0.481 e. The zero-order valence-electron chi connectivity index (χ0n) is 11.9. The number of aryl methyl sites for hydroxylation is 1. The summed E-state index contributed by atoms with van der Waals surface area (Å²) in [5.74, 6) is -2.43. The Morgan fingerprint density at radius 2 is 2.14 bits per heavy atom. The number of carboxylic acid groups (broad SMARTS) is 1. The molecule has 116 valence electrons. The quantitative estimate of drug-likeness (QED) is 0.751. The van der Waals surface area contributed by atoms with Crippen molar-refractivity contribution in [3.8, 4) is 5.75 Å². The van der Waals surface area contributed by atoms with E-state index in [4.69, 9.17) is 14.6 Å². The molecule has 1 atom stereocenters. The van der Waals surface area contributed by atoms with E-state index in [1.165, 1.54) is 19.2 Å². The zero-order chi connectivity index (χ0) is 15.8. The van der Waals surface area contributed by atoms with Gasteiger partial charge in [-0.3, -0.25) is 4.79 Å². The van der Waals surface area contributed by atoms with Gasteiger partial charge in [0.2, 0.25) is 0 Å². The van der Waals surface area contributed by atoms with Gasteiger partial charge in [0.25, 0.3) is 5.91 Å². The minimum atomic E-state index is -1.16. The molecule has 1 unspecified atom stereocenters. The highest BCUT2D eigenvalue weighted by Gasteiger charge is 2.20.